The van der Waals surface area contributed by atoms with Crippen molar-refractivity contribution >= 4 is 5.91 Å². The smallest absolute Gasteiger partial charge is 0.220 e. The van der Waals surface area contributed by atoms with Crippen molar-refractivity contribution in [1.82, 2.24) is 5.32 Å². The second-order valence-corrected chi connectivity index (χ2v) is 5.48. The zero-order chi connectivity index (χ0) is 13.3. The van der Waals surface area contributed by atoms with E-state index in [-0.39, 0.29) is 23.8 Å². The van der Waals surface area contributed by atoms with Gasteiger partial charge in [0.1, 0.15) is 0 Å². The number of rotatable bonds is 9. The molecule has 102 valence electrons. The third-order valence-corrected chi connectivity index (χ3v) is 3.16. The summed E-state index contributed by atoms with van der Waals surface area (Å²) in [6.45, 7) is 7.69. The first-order valence-electron chi connectivity index (χ1n) is 6.52. The number of amides is 1. The Morgan fingerprint density at radius 2 is 2.12 bits per heavy atom. The fourth-order valence-corrected chi connectivity index (χ4v) is 1.71. The Balaban J connectivity index is 3.89. The van der Waals surface area contributed by atoms with E-state index in [2.05, 4.69) is 26.1 Å². The molecule has 0 bridgehead atoms. The van der Waals surface area contributed by atoms with Crippen molar-refractivity contribution in [3.8, 4) is 0 Å². The van der Waals surface area contributed by atoms with Crippen LogP contribution in [0.1, 0.15) is 46.5 Å². The lowest BCUT2D eigenvalue weighted by atomic mass is 9.88. The lowest BCUT2D eigenvalue weighted by molar-refractivity contribution is -0.122. The minimum atomic E-state index is 0.0445. The van der Waals surface area contributed by atoms with E-state index < -0.39 is 0 Å². The van der Waals surface area contributed by atoms with Crippen LogP contribution in [0.5, 0.6) is 0 Å². The molecule has 0 aliphatic rings. The van der Waals surface area contributed by atoms with Gasteiger partial charge in [0, 0.05) is 19.6 Å². The average molecular weight is 244 g/mol. The zero-order valence-electron chi connectivity index (χ0n) is 11.5. The van der Waals surface area contributed by atoms with Crippen LogP contribution >= 0.6 is 0 Å². The van der Waals surface area contributed by atoms with Crippen molar-refractivity contribution < 1.29 is 9.90 Å². The van der Waals surface area contributed by atoms with E-state index in [0.29, 0.717) is 19.5 Å². The summed E-state index contributed by atoms with van der Waals surface area (Å²) in [6, 6.07) is 0. The Kier molecular flexibility index (Phi) is 8.17. The van der Waals surface area contributed by atoms with Crippen molar-refractivity contribution in [3.63, 3.8) is 0 Å². The number of aliphatic hydroxyl groups is 1. The molecule has 1 amide bonds. The molecule has 0 saturated heterocycles. The molecular weight excluding hydrogens is 216 g/mol. The van der Waals surface area contributed by atoms with Gasteiger partial charge < -0.3 is 16.2 Å². The van der Waals surface area contributed by atoms with Crippen LogP contribution in [0.15, 0.2) is 0 Å². The predicted molar refractivity (Wildman–Crippen MR) is 70.6 cm³/mol. The Bertz CT molecular complexity index is 213. The second kappa shape index (κ2) is 8.48. The highest BCUT2D eigenvalue weighted by Crippen LogP contribution is 2.20. The molecule has 0 aromatic carbocycles. The standard InChI is InChI=1S/C13H28N2O2/c1-4-11(9-14)8-12(17)15-10-13(2,3)6-5-7-16/h11,16H,4-10,14H2,1-3H3,(H,15,17). The van der Waals surface area contributed by atoms with E-state index in [1.807, 2.05) is 0 Å². The van der Waals surface area contributed by atoms with E-state index in [0.717, 1.165) is 19.3 Å². The Morgan fingerprint density at radius 1 is 1.47 bits per heavy atom. The van der Waals surface area contributed by atoms with Crippen molar-refractivity contribution in [1.29, 1.82) is 0 Å². The van der Waals surface area contributed by atoms with Gasteiger partial charge in [0.2, 0.25) is 5.91 Å². The molecule has 1 atom stereocenters. The summed E-state index contributed by atoms with van der Waals surface area (Å²) < 4.78 is 0. The van der Waals surface area contributed by atoms with E-state index >= 15 is 0 Å². The molecule has 17 heavy (non-hydrogen) atoms. The summed E-state index contributed by atoms with van der Waals surface area (Å²) in [5, 5.41) is 11.7. The molecule has 0 aromatic heterocycles. The van der Waals surface area contributed by atoms with Gasteiger partial charge in [0.15, 0.2) is 0 Å². The number of hydrogen-bond acceptors (Lipinski definition) is 3. The van der Waals surface area contributed by atoms with Crippen molar-refractivity contribution in [2.24, 2.45) is 17.1 Å². The number of carbonyl (C=O) groups excluding carboxylic acids is 1. The topological polar surface area (TPSA) is 75.4 Å². The summed E-state index contributed by atoms with van der Waals surface area (Å²) >= 11 is 0. The van der Waals surface area contributed by atoms with Gasteiger partial charge >= 0.3 is 0 Å². The molecule has 0 saturated carbocycles. The minimum Gasteiger partial charge on any atom is -0.396 e. The summed E-state index contributed by atoms with van der Waals surface area (Å²) in [6.07, 6.45) is 3.15. The normalized spacial score (nSPS) is 13.5. The van der Waals surface area contributed by atoms with Crippen molar-refractivity contribution in [2.45, 2.75) is 46.5 Å². The van der Waals surface area contributed by atoms with Crippen molar-refractivity contribution in [2.75, 3.05) is 19.7 Å². The zero-order valence-corrected chi connectivity index (χ0v) is 11.5. The van der Waals surface area contributed by atoms with Crippen LogP contribution in [0.4, 0.5) is 0 Å². The molecular formula is C13H28N2O2. The van der Waals surface area contributed by atoms with Gasteiger partial charge in [-0.1, -0.05) is 27.2 Å². The average Bonchev–Trinajstić information content (AvgIpc) is 2.31. The molecule has 0 rings (SSSR count). The first kappa shape index (κ1) is 16.4. The van der Waals surface area contributed by atoms with Crippen molar-refractivity contribution in [3.05, 3.63) is 0 Å². The Hall–Kier alpha value is -0.610. The first-order chi connectivity index (χ1) is 7.95. The van der Waals surface area contributed by atoms with Gasteiger partial charge in [-0.25, -0.2) is 0 Å². The van der Waals surface area contributed by atoms with Crippen LogP contribution in [0.3, 0.4) is 0 Å². The molecule has 4 nitrogen and oxygen atoms in total. The molecule has 0 spiro atoms. The summed E-state index contributed by atoms with van der Waals surface area (Å²) in [5.41, 5.74) is 5.62. The van der Waals surface area contributed by atoms with Crippen LogP contribution in [0, 0.1) is 11.3 Å². The molecule has 0 fully saturated rings. The van der Waals surface area contributed by atoms with Crippen LogP contribution < -0.4 is 11.1 Å². The third kappa shape index (κ3) is 8.16. The molecule has 0 radical (unpaired) electrons. The molecule has 1 unspecified atom stereocenters. The third-order valence-electron chi connectivity index (χ3n) is 3.16. The summed E-state index contributed by atoms with van der Waals surface area (Å²) in [5.74, 6) is 0.370. The Morgan fingerprint density at radius 3 is 2.59 bits per heavy atom. The minimum absolute atomic E-state index is 0.0445. The quantitative estimate of drug-likeness (QED) is 0.572. The maximum absolute atomic E-state index is 11.7. The van der Waals surface area contributed by atoms with Gasteiger partial charge in [0.05, 0.1) is 0 Å². The number of nitrogens with one attached hydrogen (secondary N) is 1. The van der Waals surface area contributed by atoms with E-state index in [1.165, 1.54) is 0 Å². The van der Waals surface area contributed by atoms with Gasteiger partial charge in [-0.15, -0.1) is 0 Å². The number of carbonyl (C=O) groups is 1. The van der Waals surface area contributed by atoms with Crippen LogP contribution in [-0.2, 0) is 4.79 Å². The SMILES string of the molecule is CCC(CN)CC(=O)NCC(C)(C)CCCO. The van der Waals surface area contributed by atoms with Gasteiger partial charge in [-0.2, -0.15) is 0 Å². The maximum atomic E-state index is 11.7. The first-order valence-corrected chi connectivity index (χ1v) is 6.52. The molecule has 0 aromatic rings. The van der Waals surface area contributed by atoms with Crippen LogP contribution in [0.25, 0.3) is 0 Å². The number of aliphatic hydroxyl groups excluding tert-OH is 1. The largest absolute Gasteiger partial charge is 0.396 e. The fraction of sp³-hybridized carbons (Fsp3) is 0.923. The molecule has 4 heteroatoms. The summed E-state index contributed by atoms with van der Waals surface area (Å²) in [4.78, 5) is 11.7. The number of nitrogens with two attached hydrogens (primary N) is 1. The number of hydrogen-bond donors (Lipinski definition) is 3. The second-order valence-electron chi connectivity index (χ2n) is 5.48. The van der Waals surface area contributed by atoms with Gasteiger partial charge in [-0.3, -0.25) is 4.79 Å². The molecule has 4 N–H and O–H groups in total. The van der Waals surface area contributed by atoms with Gasteiger partial charge in [-0.05, 0) is 30.7 Å². The monoisotopic (exact) mass is 244 g/mol. The van der Waals surface area contributed by atoms with E-state index in [9.17, 15) is 4.79 Å². The fourth-order valence-electron chi connectivity index (χ4n) is 1.71. The van der Waals surface area contributed by atoms with E-state index in [4.69, 9.17) is 10.8 Å². The lowest BCUT2D eigenvalue weighted by Crippen LogP contribution is -2.35. The highest BCUT2D eigenvalue weighted by atomic mass is 16.2. The van der Waals surface area contributed by atoms with Crippen LogP contribution in [0.2, 0.25) is 0 Å². The molecule has 0 aliphatic carbocycles. The maximum Gasteiger partial charge on any atom is 0.220 e. The van der Waals surface area contributed by atoms with Crippen LogP contribution in [-0.4, -0.2) is 30.7 Å². The molecule has 0 heterocycles. The van der Waals surface area contributed by atoms with E-state index in [1.54, 1.807) is 0 Å². The van der Waals surface area contributed by atoms with Gasteiger partial charge in [0.25, 0.3) is 0 Å². The predicted octanol–water partition coefficient (Wildman–Crippen LogP) is 1.28. The lowest BCUT2D eigenvalue weighted by Gasteiger charge is -2.25. The Labute approximate surface area is 105 Å². The summed E-state index contributed by atoms with van der Waals surface area (Å²) in [7, 11) is 0. The highest BCUT2D eigenvalue weighted by molar-refractivity contribution is 5.76. The molecule has 0 aliphatic heterocycles. The highest BCUT2D eigenvalue weighted by Gasteiger charge is 2.19.